The minimum atomic E-state index is -0.412. The summed E-state index contributed by atoms with van der Waals surface area (Å²) in [6.07, 6.45) is 0.989. The van der Waals surface area contributed by atoms with E-state index < -0.39 is 5.41 Å². The SMILES string of the molecule is CN(C(=O)CCCNC(=O)C(C)(C)C)c1ccc(Oc2ccccc2)cc1. The highest BCUT2D eigenvalue weighted by molar-refractivity contribution is 5.92. The molecule has 0 spiro atoms. The first-order valence-corrected chi connectivity index (χ1v) is 9.15. The zero-order valence-corrected chi connectivity index (χ0v) is 16.5. The Hall–Kier alpha value is -2.82. The van der Waals surface area contributed by atoms with Gasteiger partial charge in [0.15, 0.2) is 0 Å². The minimum Gasteiger partial charge on any atom is -0.457 e. The number of carbonyl (C=O) groups is 2. The van der Waals surface area contributed by atoms with E-state index in [2.05, 4.69) is 5.32 Å². The number of anilines is 1. The van der Waals surface area contributed by atoms with Crippen LogP contribution < -0.4 is 15.0 Å². The number of benzene rings is 2. The normalized spacial score (nSPS) is 11.0. The molecule has 2 aromatic rings. The van der Waals surface area contributed by atoms with Gasteiger partial charge in [0.2, 0.25) is 11.8 Å². The number of hydrogen-bond donors (Lipinski definition) is 1. The number of amides is 2. The molecule has 0 aromatic heterocycles. The monoisotopic (exact) mass is 368 g/mol. The van der Waals surface area contributed by atoms with Gasteiger partial charge in [0.1, 0.15) is 11.5 Å². The highest BCUT2D eigenvalue weighted by Gasteiger charge is 2.20. The summed E-state index contributed by atoms with van der Waals surface area (Å²) >= 11 is 0. The molecule has 2 amide bonds. The zero-order valence-electron chi connectivity index (χ0n) is 16.5. The maximum absolute atomic E-state index is 12.3. The third kappa shape index (κ3) is 6.44. The molecule has 0 radical (unpaired) electrons. The molecule has 0 saturated heterocycles. The molecule has 27 heavy (non-hydrogen) atoms. The van der Waals surface area contributed by atoms with Crippen molar-refractivity contribution in [1.82, 2.24) is 5.32 Å². The van der Waals surface area contributed by atoms with Crippen molar-refractivity contribution in [1.29, 1.82) is 0 Å². The number of ether oxygens (including phenoxy) is 1. The van der Waals surface area contributed by atoms with Crippen molar-refractivity contribution >= 4 is 17.5 Å². The van der Waals surface area contributed by atoms with Gasteiger partial charge in [-0.3, -0.25) is 9.59 Å². The van der Waals surface area contributed by atoms with E-state index in [0.29, 0.717) is 19.4 Å². The number of hydrogen-bond acceptors (Lipinski definition) is 3. The van der Waals surface area contributed by atoms with Crippen LogP contribution in [0.25, 0.3) is 0 Å². The van der Waals surface area contributed by atoms with Crippen LogP contribution >= 0.6 is 0 Å². The summed E-state index contributed by atoms with van der Waals surface area (Å²) in [5.41, 5.74) is 0.392. The molecule has 0 fully saturated rings. The third-order valence-corrected chi connectivity index (χ3v) is 4.11. The zero-order chi connectivity index (χ0) is 19.9. The summed E-state index contributed by atoms with van der Waals surface area (Å²) in [5, 5.41) is 2.86. The van der Waals surface area contributed by atoms with E-state index in [-0.39, 0.29) is 11.8 Å². The molecule has 0 unspecified atom stereocenters. The van der Waals surface area contributed by atoms with Crippen LogP contribution in [-0.2, 0) is 9.59 Å². The average Bonchev–Trinajstić information content (AvgIpc) is 2.65. The lowest BCUT2D eigenvalue weighted by molar-refractivity contribution is -0.128. The van der Waals surface area contributed by atoms with Crippen molar-refractivity contribution < 1.29 is 14.3 Å². The molecule has 2 rings (SSSR count). The van der Waals surface area contributed by atoms with Crippen molar-refractivity contribution in [2.24, 2.45) is 5.41 Å². The van der Waals surface area contributed by atoms with Gasteiger partial charge in [0, 0.05) is 31.1 Å². The fourth-order valence-electron chi connectivity index (χ4n) is 2.38. The average molecular weight is 368 g/mol. The van der Waals surface area contributed by atoms with Gasteiger partial charge in [-0.25, -0.2) is 0 Å². The van der Waals surface area contributed by atoms with Crippen molar-refractivity contribution in [3.63, 3.8) is 0 Å². The molecule has 0 aliphatic heterocycles. The summed E-state index contributed by atoms with van der Waals surface area (Å²) in [6.45, 7) is 6.10. The van der Waals surface area contributed by atoms with E-state index in [0.717, 1.165) is 17.2 Å². The lowest BCUT2D eigenvalue weighted by atomic mass is 9.96. The van der Waals surface area contributed by atoms with E-state index in [1.807, 2.05) is 75.4 Å². The second kappa shape index (κ2) is 9.21. The van der Waals surface area contributed by atoms with Gasteiger partial charge in [0.25, 0.3) is 0 Å². The van der Waals surface area contributed by atoms with Gasteiger partial charge >= 0.3 is 0 Å². The molecule has 0 atom stereocenters. The van der Waals surface area contributed by atoms with Gasteiger partial charge in [-0.15, -0.1) is 0 Å². The highest BCUT2D eigenvalue weighted by Crippen LogP contribution is 2.24. The number of nitrogens with one attached hydrogen (secondary N) is 1. The fraction of sp³-hybridized carbons (Fsp3) is 0.364. The number of para-hydroxylation sites is 1. The quantitative estimate of drug-likeness (QED) is 0.738. The second-order valence-corrected chi connectivity index (χ2v) is 7.47. The molecule has 0 bridgehead atoms. The van der Waals surface area contributed by atoms with Crippen LogP contribution in [0.3, 0.4) is 0 Å². The van der Waals surface area contributed by atoms with Crippen molar-refractivity contribution in [2.45, 2.75) is 33.6 Å². The van der Waals surface area contributed by atoms with Crippen LogP contribution in [-0.4, -0.2) is 25.4 Å². The lowest BCUT2D eigenvalue weighted by Gasteiger charge is -2.19. The highest BCUT2D eigenvalue weighted by atomic mass is 16.5. The minimum absolute atomic E-state index is 0.00249. The van der Waals surface area contributed by atoms with Gasteiger partial charge in [-0.1, -0.05) is 39.0 Å². The standard InChI is InChI=1S/C22H28N2O3/c1-22(2,3)21(26)23-16-8-11-20(25)24(4)17-12-14-19(15-13-17)27-18-9-6-5-7-10-18/h5-7,9-10,12-15H,8,11,16H2,1-4H3,(H,23,26). The van der Waals surface area contributed by atoms with E-state index in [9.17, 15) is 9.59 Å². The predicted molar refractivity (Wildman–Crippen MR) is 108 cm³/mol. The summed E-state index contributed by atoms with van der Waals surface area (Å²) in [7, 11) is 1.75. The first-order valence-electron chi connectivity index (χ1n) is 9.15. The van der Waals surface area contributed by atoms with Gasteiger partial charge in [-0.05, 0) is 42.8 Å². The smallest absolute Gasteiger partial charge is 0.226 e. The topological polar surface area (TPSA) is 58.6 Å². The number of nitrogens with zero attached hydrogens (tertiary/aromatic N) is 1. The summed E-state index contributed by atoms with van der Waals surface area (Å²) < 4.78 is 5.76. The maximum Gasteiger partial charge on any atom is 0.226 e. The fourth-order valence-corrected chi connectivity index (χ4v) is 2.38. The Balaban J connectivity index is 1.81. The largest absolute Gasteiger partial charge is 0.457 e. The molecule has 0 heterocycles. The van der Waals surface area contributed by atoms with E-state index in [1.54, 1.807) is 11.9 Å². The summed E-state index contributed by atoms with van der Waals surface area (Å²) in [5.74, 6) is 1.50. The van der Waals surface area contributed by atoms with Gasteiger partial charge in [0.05, 0.1) is 0 Å². The number of rotatable bonds is 7. The Bertz CT molecular complexity index is 749. The Morgan fingerprint density at radius 2 is 1.56 bits per heavy atom. The molecule has 5 nitrogen and oxygen atoms in total. The molecule has 0 aliphatic carbocycles. The van der Waals surface area contributed by atoms with Crippen molar-refractivity contribution in [2.75, 3.05) is 18.5 Å². The van der Waals surface area contributed by atoms with E-state index >= 15 is 0 Å². The Morgan fingerprint density at radius 3 is 2.15 bits per heavy atom. The van der Waals surface area contributed by atoms with Crippen molar-refractivity contribution in [3.05, 3.63) is 54.6 Å². The Kier molecular flexibility index (Phi) is 6.99. The first kappa shape index (κ1) is 20.5. The van der Waals surface area contributed by atoms with Crippen LogP contribution in [0.2, 0.25) is 0 Å². The second-order valence-electron chi connectivity index (χ2n) is 7.47. The van der Waals surface area contributed by atoms with Crippen LogP contribution in [0.4, 0.5) is 5.69 Å². The lowest BCUT2D eigenvalue weighted by Crippen LogP contribution is -2.36. The van der Waals surface area contributed by atoms with Crippen molar-refractivity contribution in [3.8, 4) is 11.5 Å². The van der Waals surface area contributed by atoms with Crippen LogP contribution in [0, 0.1) is 5.41 Å². The molecule has 0 aliphatic rings. The van der Waals surface area contributed by atoms with Crippen LogP contribution in [0.5, 0.6) is 11.5 Å². The number of carbonyl (C=O) groups excluding carboxylic acids is 2. The third-order valence-electron chi connectivity index (χ3n) is 4.11. The molecule has 144 valence electrons. The van der Waals surface area contributed by atoms with Gasteiger partial charge in [-0.2, -0.15) is 0 Å². The molecule has 5 heteroatoms. The van der Waals surface area contributed by atoms with Crippen LogP contribution in [0.15, 0.2) is 54.6 Å². The molecule has 1 N–H and O–H groups in total. The predicted octanol–water partition coefficient (Wildman–Crippen LogP) is 4.38. The van der Waals surface area contributed by atoms with Gasteiger partial charge < -0.3 is 15.0 Å². The maximum atomic E-state index is 12.3. The first-order chi connectivity index (χ1) is 12.8. The van der Waals surface area contributed by atoms with Crippen LogP contribution in [0.1, 0.15) is 33.6 Å². The van der Waals surface area contributed by atoms with E-state index in [1.165, 1.54) is 0 Å². The van der Waals surface area contributed by atoms with E-state index in [4.69, 9.17) is 4.74 Å². The Labute approximate surface area is 161 Å². The molecule has 0 saturated carbocycles. The molecular weight excluding hydrogens is 340 g/mol. The summed E-state index contributed by atoms with van der Waals surface area (Å²) in [4.78, 5) is 25.8. The molecular formula is C22H28N2O3. The Morgan fingerprint density at radius 1 is 0.963 bits per heavy atom. The summed E-state index contributed by atoms with van der Waals surface area (Å²) in [6, 6.07) is 17.0. The molecule has 2 aromatic carbocycles.